The second kappa shape index (κ2) is 1.61. The van der Waals surface area contributed by atoms with E-state index in [4.69, 9.17) is 4.79 Å². The molecule has 0 N–H and O–H groups in total. The van der Waals surface area contributed by atoms with Crippen molar-refractivity contribution < 1.29 is 13.6 Å². The molecule has 0 amide bonds. The molecule has 1 radical (unpaired) electrons. The Labute approximate surface area is 26.9 Å². The number of rotatable bonds is 0. The summed E-state index contributed by atoms with van der Waals surface area (Å²) in [5.41, 5.74) is 0. The van der Waals surface area contributed by atoms with Crippen LogP contribution in [-0.2, 0) is 4.79 Å². The van der Waals surface area contributed by atoms with Crippen LogP contribution in [-0.4, -0.2) is 5.94 Å². The lowest BCUT2D eigenvalue weighted by Gasteiger charge is -1.43. The number of halogens is 2. The Morgan fingerprint density at radius 1 is 1.60 bits per heavy atom. The molecule has 5 heavy (non-hydrogen) atoms. The summed E-state index contributed by atoms with van der Waals surface area (Å²) in [4.78, 5) is 8.59. The highest BCUT2D eigenvalue weighted by Gasteiger charge is 1.90. The molecule has 0 saturated carbocycles. The quantitative estimate of drug-likeness (QED) is 0.307. The summed E-state index contributed by atoms with van der Waals surface area (Å²) in [6.07, 6.45) is -2.30. The molecule has 0 heterocycles. The highest BCUT2D eigenvalue weighted by atomic mass is 19.3. The molecule has 1 nitrogen and oxygen atoms in total. The van der Waals surface area contributed by atoms with Gasteiger partial charge < -0.3 is 0 Å². The van der Waals surface area contributed by atoms with Crippen LogP contribution in [0.2, 0.25) is 0 Å². The summed E-state index contributed by atoms with van der Waals surface area (Å²) in [6, 6.07) is 0. The third-order valence-electron chi connectivity index (χ3n) is 0.0772. The van der Waals surface area contributed by atoms with Gasteiger partial charge in [-0.25, -0.2) is 0 Å². The first kappa shape index (κ1) is 4.31. The Bertz CT molecular complexity index is 67.7. The van der Waals surface area contributed by atoms with E-state index >= 15 is 0 Å². The van der Waals surface area contributed by atoms with Crippen molar-refractivity contribution >= 4 is 5.94 Å². The zero-order valence-corrected chi connectivity index (χ0v) is 2.16. The lowest BCUT2D eigenvalue weighted by Crippen LogP contribution is -1.49. The van der Waals surface area contributed by atoms with Gasteiger partial charge in [0.2, 0.25) is 0 Å². The molecule has 0 bridgehead atoms. The van der Waals surface area contributed by atoms with Crippen LogP contribution < -0.4 is 0 Å². The molecule has 3 heteroatoms. The highest BCUT2D eigenvalue weighted by Crippen LogP contribution is 1.84. The largest absolute Gasteiger partial charge is 0.577 e. The molecule has 0 aliphatic heterocycles. The van der Waals surface area contributed by atoms with Crippen LogP contribution in [0.5, 0.6) is 0 Å². The van der Waals surface area contributed by atoms with Gasteiger partial charge in [-0.15, -0.1) is 0 Å². The standard InChI is InChI=1S/C2F2O/c3-2(4)1-5/q+1. The normalized spacial score (nSPS) is 6.00. The lowest BCUT2D eigenvalue weighted by molar-refractivity contribution is 0.421. The first-order chi connectivity index (χ1) is 2.27. The number of hydrogen-bond donors (Lipinski definition) is 0. The maximum Gasteiger partial charge on any atom is 0.577 e. The predicted octanol–water partition coefficient (Wildman–Crippen LogP) is 0.598. The highest BCUT2D eigenvalue weighted by molar-refractivity contribution is 5.45. The monoisotopic (exact) mass is 78.0 g/mol. The van der Waals surface area contributed by atoms with Crippen LogP contribution in [0.1, 0.15) is 0 Å². The van der Waals surface area contributed by atoms with Gasteiger partial charge in [-0.3, -0.25) is 0 Å². The summed E-state index contributed by atoms with van der Waals surface area (Å²) < 4.78 is 20.5. The SMILES string of the molecule is [O+]=C=C(F)F. The minimum Gasteiger partial charge on any atom is -0.154 e. The minimum atomic E-state index is -2.30. The summed E-state index contributed by atoms with van der Waals surface area (Å²) >= 11 is 0. The molecule has 0 aliphatic carbocycles. The van der Waals surface area contributed by atoms with Crippen molar-refractivity contribution in [2.24, 2.45) is 0 Å². The summed E-state index contributed by atoms with van der Waals surface area (Å²) in [5.74, 6) is 0.361. The first-order valence-electron chi connectivity index (χ1n) is 0.832. The fourth-order valence-electron chi connectivity index (χ4n) is 0. The number of carbonyl (C=O) groups excluding carboxylic acids is 1. The molecule has 0 saturated heterocycles. The minimum absolute atomic E-state index is 0.361. The molecular formula is C2F2O+. The predicted molar refractivity (Wildman–Crippen MR) is 11.4 cm³/mol. The molecule has 0 aromatic carbocycles. The van der Waals surface area contributed by atoms with E-state index < -0.39 is 6.08 Å². The molecule has 0 atom stereocenters. The number of hydrogen-bond acceptors (Lipinski definition) is 1. The average molecular weight is 78.0 g/mol. The molecule has 0 aromatic heterocycles. The molecular weight excluding hydrogens is 78.0 g/mol. The van der Waals surface area contributed by atoms with Crippen LogP contribution in [0.15, 0.2) is 6.08 Å². The van der Waals surface area contributed by atoms with E-state index in [-0.39, 0.29) is 0 Å². The van der Waals surface area contributed by atoms with Crippen molar-refractivity contribution in [3.63, 3.8) is 0 Å². The third kappa shape index (κ3) is 3.31. The molecule has 27 valence electrons. The van der Waals surface area contributed by atoms with Crippen molar-refractivity contribution in [1.82, 2.24) is 0 Å². The van der Waals surface area contributed by atoms with Crippen LogP contribution in [0.4, 0.5) is 8.78 Å². The van der Waals surface area contributed by atoms with E-state index in [1.54, 1.807) is 0 Å². The Morgan fingerprint density at radius 3 is 1.80 bits per heavy atom. The third-order valence-corrected chi connectivity index (χ3v) is 0.0772. The summed E-state index contributed by atoms with van der Waals surface area (Å²) in [7, 11) is 0. The van der Waals surface area contributed by atoms with Crippen LogP contribution in [0.3, 0.4) is 0 Å². The van der Waals surface area contributed by atoms with Crippen LogP contribution in [0, 0.1) is 0 Å². The lowest BCUT2D eigenvalue weighted by atomic mass is 11.1. The van der Waals surface area contributed by atoms with Gasteiger partial charge in [-0.1, -0.05) is 0 Å². The van der Waals surface area contributed by atoms with Gasteiger partial charge in [0.05, 0.1) is 0 Å². The summed E-state index contributed by atoms with van der Waals surface area (Å²) in [5, 5.41) is 0. The van der Waals surface area contributed by atoms with Crippen molar-refractivity contribution in [2.45, 2.75) is 0 Å². The Hall–Kier alpha value is -0.690. The van der Waals surface area contributed by atoms with E-state index in [1.807, 2.05) is 0 Å². The average Bonchev–Trinajstić information content (AvgIpc) is 1.38. The van der Waals surface area contributed by atoms with Gasteiger partial charge in [-0.05, 0) is 0 Å². The zero-order valence-electron chi connectivity index (χ0n) is 2.16. The van der Waals surface area contributed by atoms with E-state index in [1.165, 1.54) is 0 Å². The van der Waals surface area contributed by atoms with Gasteiger partial charge in [0.1, 0.15) is 0 Å². The Morgan fingerprint density at radius 2 is 1.80 bits per heavy atom. The fraction of sp³-hybridized carbons (Fsp3) is 0. The first-order valence-corrected chi connectivity index (χ1v) is 0.832. The Kier molecular flexibility index (Phi) is 1.39. The molecule has 0 aromatic rings. The summed E-state index contributed by atoms with van der Waals surface area (Å²) in [6.45, 7) is 0. The maximum atomic E-state index is 10.3. The van der Waals surface area contributed by atoms with Crippen molar-refractivity contribution in [2.75, 3.05) is 0 Å². The van der Waals surface area contributed by atoms with E-state index in [2.05, 4.69) is 0 Å². The second-order valence-electron chi connectivity index (χ2n) is 0.362. The van der Waals surface area contributed by atoms with Crippen LogP contribution >= 0.6 is 0 Å². The maximum absolute atomic E-state index is 10.3. The smallest absolute Gasteiger partial charge is 0.154 e. The van der Waals surface area contributed by atoms with Gasteiger partial charge in [-0.2, -0.15) is 8.78 Å². The van der Waals surface area contributed by atoms with Gasteiger partial charge in [0.15, 0.2) is 0 Å². The van der Waals surface area contributed by atoms with Crippen molar-refractivity contribution in [3.05, 3.63) is 6.08 Å². The molecule has 0 unspecified atom stereocenters. The second-order valence-corrected chi connectivity index (χ2v) is 0.362. The Balaban J connectivity index is 3.60. The van der Waals surface area contributed by atoms with Crippen LogP contribution in [0.25, 0.3) is 0 Å². The van der Waals surface area contributed by atoms with E-state index in [0.717, 1.165) is 0 Å². The van der Waals surface area contributed by atoms with Gasteiger partial charge >= 0.3 is 16.8 Å². The topological polar surface area (TPSA) is 19.9 Å². The molecule has 0 rings (SSSR count). The molecule has 0 fully saturated rings. The molecule has 0 spiro atoms. The zero-order chi connectivity index (χ0) is 4.28. The fourth-order valence-corrected chi connectivity index (χ4v) is 0. The molecule has 0 aliphatic rings. The van der Waals surface area contributed by atoms with Crippen molar-refractivity contribution in [1.29, 1.82) is 0 Å². The van der Waals surface area contributed by atoms with Gasteiger partial charge in [0.25, 0.3) is 0 Å². The van der Waals surface area contributed by atoms with Gasteiger partial charge in [0, 0.05) is 0 Å². The van der Waals surface area contributed by atoms with E-state index in [0.29, 0.717) is 5.94 Å². The van der Waals surface area contributed by atoms with Crippen molar-refractivity contribution in [3.8, 4) is 0 Å². The van der Waals surface area contributed by atoms with E-state index in [9.17, 15) is 8.78 Å².